The maximum Gasteiger partial charge on any atom is 0.222 e. The number of piperidine rings is 1. The SMILES string of the molecule is CN(C)C(=O)C[C@H]1CC2(CCN(C3CCOCC3)CC2)c2ccccc21. The van der Waals surface area contributed by atoms with Gasteiger partial charge in [-0.3, -0.25) is 4.79 Å². The molecule has 3 aliphatic rings. The van der Waals surface area contributed by atoms with E-state index in [2.05, 4.69) is 29.2 Å². The summed E-state index contributed by atoms with van der Waals surface area (Å²) in [5.74, 6) is 0.636. The molecule has 2 saturated heterocycles. The normalized spacial score (nSPS) is 26.0. The van der Waals surface area contributed by atoms with Gasteiger partial charge in [-0.25, -0.2) is 0 Å². The molecule has 1 spiro atoms. The lowest BCUT2D eigenvalue weighted by Crippen LogP contribution is -2.48. The van der Waals surface area contributed by atoms with Crippen molar-refractivity contribution in [2.45, 2.75) is 55.9 Å². The second kappa shape index (κ2) is 7.32. The number of benzene rings is 1. The number of rotatable bonds is 3. The number of likely N-dealkylation sites (tertiary alicyclic amines) is 1. The van der Waals surface area contributed by atoms with Gasteiger partial charge in [0.05, 0.1) is 0 Å². The van der Waals surface area contributed by atoms with Crippen molar-refractivity contribution in [3.63, 3.8) is 0 Å². The molecule has 0 N–H and O–H groups in total. The molecule has 1 amide bonds. The zero-order valence-electron chi connectivity index (χ0n) is 16.2. The molecule has 4 nitrogen and oxygen atoms in total. The first kappa shape index (κ1) is 18.0. The Morgan fingerprint density at radius 2 is 1.88 bits per heavy atom. The molecule has 1 aromatic rings. The van der Waals surface area contributed by atoms with Gasteiger partial charge >= 0.3 is 0 Å². The van der Waals surface area contributed by atoms with E-state index in [1.54, 1.807) is 4.90 Å². The number of nitrogens with zero attached hydrogens (tertiary/aromatic N) is 2. The fourth-order valence-corrected chi connectivity index (χ4v) is 5.44. The van der Waals surface area contributed by atoms with E-state index in [0.717, 1.165) is 19.6 Å². The summed E-state index contributed by atoms with van der Waals surface area (Å²) in [6.07, 6.45) is 6.62. The summed E-state index contributed by atoms with van der Waals surface area (Å²) < 4.78 is 5.54. The van der Waals surface area contributed by atoms with Gasteiger partial charge in [-0.2, -0.15) is 0 Å². The summed E-state index contributed by atoms with van der Waals surface area (Å²) in [6, 6.07) is 9.63. The topological polar surface area (TPSA) is 32.8 Å². The number of ether oxygens (including phenoxy) is 1. The van der Waals surface area contributed by atoms with Crippen LogP contribution in [0.25, 0.3) is 0 Å². The molecule has 0 radical (unpaired) electrons. The molecular formula is C22H32N2O2. The summed E-state index contributed by atoms with van der Waals surface area (Å²) in [4.78, 5) is 16.8. The zero-order valence-corrected chi connectivity index (χ0v) is 16.2. The molecular weight excluding hydrogens is 324 g/mol. The number of carbonyl (C=O) groups excluding carboxylic acids is 1. The van der Waals surface area contributed by atoms with Gasteiger partial charge in [0.2, 0.25) is 5.91 Å². The van der Waals surface area contributed by atoms with E-state index >= 15 is 0 Å². The Hall–Kier alpha value is -1.39. The fourth-order valence-electron chi connectivity index (χ4n) is 5.44. The van der Waals surface area contributed by atoms with Crippen LogP contribution in [0.4, 0.5) is 0 Å². The Kier molecular flexibility index (Phi) is 5.07. The van der Waals surface area contributed by atoms with Gasteiger partial charge in [-0.05, 0) is 67.7 Å². The zero-order chi connectivity index (χ0) is 18.1. The van der Waals surface area contributed by atoms with Gasteiger partial charge in [0.25, 0.3) is 0 Å². The number of hydrogen-bond donors (Lipinski definition) is 0. The average Bonchev–Trinajstić information content (AvgIpc) is 2.96. The minimum atomic E-state index is 0.251. The average molecular weight is 357 g/mol. The van der Waals surface area contributed by atoms with Crippen LogP contribution in [0.5, 0.6) is 0 Å². The molecule has 26 heavy (non-hydrogen) atoms. The van der Waals surface area contributed by atoms with Gasteiger partial charge < -0.3 is 14.5 Å². The molecule has 142 valence electrons. The highest BCUT2D eigenvalue weighted by Gasteiger charge is 2.46. The second-order valence-corrected chi connectivity index (χ2v) is 8.64. The van der Waals surface area contributed by atoms with Crippen LogP contribution in [-0.2, 0) is 14.9 Å². The largest absolute Gasteiger partial charge is 0.381 e. The molecule has 0 unspecified atom stereocenters. The number of hydrogen-bond acceptors (Lipinski definition) is 3. The molecule has 2 fully saturated rings. The molecule has 0 bridgehead atoms. The van der Waals surface area contributed by atoms with Crippen LogP contribution in [0.3, 0.4) is 0 Å². The first-order valence-electron chi connectivity index (χ1n) is 10.2. The maximum absolute atomic E-state index is 12.3. The minimum Gasteiger partial charge on any atom is -0.381 e. The smallest absolute Gasteiger partial charge is 0.222 e. The molecule has 1 atom stereocenters. The van der Waals surface area contributed by atoms with E-state index in [1.165, 1.54) is 49.9 Å². The van der Waals surface area contributed by atoms with Crippen molar-refractivity contribution in [1.29, 1.82) is 0 Å². The second-order valence-electron chi connectivity index (χ2n) is 8.64. The molecule has 0 saturated carbocycles. The van der Waals surface area contributed by atoms with Crippen LogP contribution < -0.4 is 0 Å². The Labute approximate surface area is 157 Å². The first-order chi connectivity index (χ1) is 12.6. The third-order valence-corrected chi connectivity index (χ3v) is 6.99. The highest BCUT2D eigenvalue weighted by Crippen LogP contribution is 2.53. The van der Waals surface area contributed by atoms with Crippen molar-refractivity contribution < 1.29 is 9.53 Å². The van der Waals surface area contributed by atoms with E-state index in [1.807, 2.05) is 14.1 Å². The molecule has 4 heteroatoms. The van der Waals surface area contributed by atoms with E-state index in [0.29, 0.717) is 18.4 Å². The van der Waals surface area contributed by atoms with Gasteiger partial charge in [0.15, 0.2) is 0 Å². The summed E-state index contributed by atoms with van der Waals surface area (Å²) in [5.41, 5.74) is 3.25. The van der Waals surface area contributed by atoms with Crippen LogP contribution >= 0.6 is 0 Å². The summed E-state index contributed by atoms with van der Waals surface area (Å²) in [7, 11) is 3.73. The fraction of sp³-hybridized carbons (Fsp3) is 0.682. The van der Waals surface area contributed by atoms with Crippen LogP contribution in [0.15, 0.2) is 24.3 Å². The highest BCUT2D eigenvalue weighted by atomic mass is 16.5. The van der Waals surface area contributed by atoms with Crippen LogP contribution in [0.1, 0.15) is 55.6 Å². The third-order valence-electron chi connectivity index (χ3n) is 6.99. The standard InChI is InChI=1S/C22H32N2O2/c1-23(2)21(25)15-17-16-22(20-6-4-3-5-19(17)20)9-11-24(12-10-22)18-7-13-26-14-8-18/h3-6,17-18H,7-16H2,1-2H3/t17-/m0/s1. The Morgan fingerprint density at radius 1 is 1.19 bits per heavy atom. The Bertz CT molecular complexity index is 643. The van der Waals surface area contributed by atoms with Gasteiger partial charge in [0, 0.05) is 39.8 Å². The number of amides is 1. The van der Waals surface area contributed by atoms with E-state index in [9.17, 15) is 4.79 Å². The first-order valence-corrected chi connectivity index (χ1v) is 10.2. The molecule has 2 heterocycles. The minimum absolute atomic E-state index is 0.251. The van der Waals surface area contributed by atoms with Crippen LogP contribution in [0.2, 0.25) is 0 Å². The van der Waals surface area contributed by atoms with E-state index < -0.39 is 0 Å². The number of carbonyl (C=O) groups is 1. The van der Waals surface area contributed by atoms with Crippen molar-refractivity contribution >= 4 is 5.91 Å². The molecule has 4 rings (SSSR count). The van der Waals surface area contributed by atoms with Crippen molar-refractivity contribution in [2.75, 3.05) is 40.4 Å². The predicted octanol–water partition coefficient (Wildman–Crippen LogP) is 3.16. The van der Waals surface area contributed by atoms with Crippen molar-refractivity contribution in [3.8, 4) is 0 Å². The Morgan fingerprint density at radius 3 is 2.58 bits per heavy atom. The van der Waals surface area contributed by atoms with Gasteiger partial charge in [0.1, 0.15) is 0 Å². The lowest BCUT2D eigenvalue weighted by molar-refractivity contribution is -0.129. The lowest BCUT2D eigenvalue weighted by atomic mass is 9.73. The summed E-state index contributed by atoms with van der Waals surface area (Å²) in [5, 5.41) is 0. The van der Waals surface area contributed by atoms with Crippen molar-refractivity contribution in [2.24, 2.45) is 0 Å². The molecule has 2 aliphatic heterocycles. The van der Waals surface area contributed by atoms with E-state index in [4.69, 9.17) is 4.74 Å². The molecule has 0 aromatic heterocycles. The van der Waals surface area contributed by atoms with E-state index in [-0.39, 0.29) is 11.3 Å². The summed E-state index contributed by atoms with van der Waals surface area (Å²) >= 11 is 0. The maximum atomic E-state index is 12.3. The summed E-state index contributed by atoms with van der Waals surface area (Å²) in [6.45, 7) is 4.22. The van der Waals surface area contributed by atoms with Crippen LogP contribution in [0, 0.1) is 0 Å². The Balaban J connectivity index is 1.49. The van der Waals surface area contributed by atoms with Crippen LogP contribution in [-0.4, -0.2) is 62.1 Å². The predicted molar refractivity (Wildman–Crippen MR) is 103 cm³/mol. The number of fused-ring (bicyclic) bond motifs is 2. The quantitative estimate of drug-likeness (QED) is 0.834. The van der Waals surface area contributed by atoms with Crippen molar-refractivity contribution in [3.05, 3.63) is 35.4 Å². The highest BCUT2D eigenvalue weighted by molar-refractivity contribution is 5.77. The van der Waals surface area contributed by atoms with Gasteiger partial charge in [-0.1, -0.05) is 24.3 Å². The van der Waals surface area contributed by atoms with Crippen molar-refractivity contribution in [1.82, 2.24) is 9.80 Å². The van der Waals surface area contributed by atoms with Gasteiger partial charge in [-0.15, -0.1) is 0 Å². The lowest BCUT2D eigenvalue weighted by Gasteiger charge is -2.44. The monoisotopic (exact) mass is 356 g/mol. The molecule has 1 aromatic carbocycles. The molecule has 1 aliphatic carbocycles. The third kappa shape index (κ3) is 3.29.